The van der Waals surface area contributed by atoms with Gasteiger partial charge in [-0.15, -0.1) is 0 Å². The second kappa shape index (κ2) is 9.78. The van der Waals surface area contributed by atoms with Crippen LogP contribution in [0.15, 0.2) is 42.7 Å². The predicted octanol–water partition coefficient (Wildman–Crippen LogP) is 2.99. The molecule has 5 nitrogen and oxygen atoms in total. The summed E-state index contributed by atoms with van der Waals surface area (Å²) in [5.74, 6) is 0.00669. The van der Waals surface area contributed by atoms with Gasteiger partial charge in [0.15, 0.2) is 0 Å². The van der Waals surface area contributed by atoms with Gasteiger partial charge in [0.25, 0.3) is 0 Å². The first-order valence-electron chi connectivity index (χ1n) is 8.49. The van der Waals surface area contributed by atoms with Gasteiger partial charge in [-0.1, -0.05) is 50.1 Å². The zero-order valence-electron chi connectivity index (χ0n) is 14.1. The molecule has 0 fully saturated rings. The van der Waals surface area contributed by atoms with Gasteiger partial charge in [-0.2, -0.15) is 0 Å². The van der Waals surface area contributed by atoms with Crippen LogP contribution in [0.2, 0.25) is 0 Å². The molecule has 24 heavy (non-hydrogen) atoms. The summed E-state index contributed by atoms with van der Waals surface area (Å²) >= 11 is 0. The van der Waals surface area contributed by atoms with E-state index in [2.05, 4.69) is 34.3 Å². The molecule has 1 aromatic heterocycles. The van der Waals surface area contributed by atoms with Crippen molar-refractivity contribution >= 4 is 5.97 Å². The van der Waals surface area contributed by atoms with Crippen molar-refractivity contribution in [2.45, 2.75) is 51.6 Å². The van der Waals surface area contributed by atoms with Crippen LogP contribution in [0, 0.1) is 0 Å². The Morgan fingerprint density at radius 1 is 1.12 bits per heavy atom. The number of carboxylic acids is 1. The van der Waals surface area contributed by atoms with Crippen LogP contribution in [0.5, 0.6) is 0 Å². The number of aryl methyl sites for hydroxylation is 2. The van der Waals surface area contributed by atoms with E-state index < -0.39 is 12.0 Å². The van der Waals surface area contributed by atoms with Crippen LogP contribution in [-0.2, 0) is 24.2 Å². The number of benzene rings is 1. The average Bonchev–Trinajstić information content (AvgIpc) is 2.61. The van der Waals surface area contributed by atoms with E-state index >= 15 is 0 Å². The van der Waals surface area contributed by atoms with Gasteiger partial charge in [-0.3, -0.25) is 4.79 Å². The first kappa shape index (κ1) is 18.1. The molecule has 0 radical (unpaired) electrons. The van der Waals surface area contributed by atoms with Crippen LogP contribution in [0.4, 0.5) is 0 Å². The predicted molar refractivity (Wildman–Crippen MR) is 93.7 cm³/mol. The molecule has 2 rings (SSSR count). The molecule has 1 heterocycles. The topological polar surface area (TPSA) is 75.1 Å². The minimum absolute atomic E-state index is 0.472. The number of unbranched alkanes of at least 4 members (excludes halogenated alkanes) is 1. The lowest BCUT2D eigenvalue weighted by Crippen LogP contribution is -2.36. The van der Waals surface area contributed by atoms with Crippen LogP contribution in [0.25, 0.3) is 0 Å². The number of aliphatic carboxylic acids is 1. The van der Waals surface area contributed by atoms with Crippen LogP contribution < -0.4 is 5.32 Å². The molecule has 0 bridgehead atoms. The van der Waals surface area contributed by atoms with Gasteiger partial charge in [0, 0.05) is 30.9 Å². The average molecular weight is 327 g/mol. The normalized spacial score (nSPS) is 12.0. The number of nitrogens with one attached hydrogen (secondary N) is 1. The lowest BCUT2D eigenvalue weighted by Gasteiger charge is -2.13. The van der Waals surface area contributed by atoms with Gasteiger partial charge in [0.1, 0.15) is 11.9 Å². The van der Waals surface area contributed by atoms with Crippen LogP contribution >= 0.6 is 0 Å². The Balaban J connectivity index is 1.81. The zero-order chi connectivity index (χ0) is 17.2. The van der Waals surface area contributed by atoms with Crippen LogP contribution in [0.3, 0.4) is 0 Å². The second-order valence-electron chi connectivity index (χ2n) is 5.91. The van der Waals surface area contributed by atoms with Gasteiger partial charge in [0.2, 0.25) is 0 Å². The number of rotatable bonds is 10. The molecule has 0 aliphatic rings. The van der Waals surface area contributed by atoms with Crippen molar-refractivity contribution in [1.29, 1.82) is 0 Å². The van der Waals surface area contributed by atoms with Crippen molar-refractivity contribution in [3.8, 4) is 0 Å². The smallest absolute Gasteiger partial charge is 0.320 e. The highest BCUT2D eigenvalue weighted by molar-refractivity contribution is 5.73. The van der Waals surface area contributed by atoms with E-state index in [-0.39, 0.29) is 0 Å². The largest absolute Gasteiger partial charge is 0.480 e. The van der Waals surface area contributed by atoms with Crippen molar-refractivity contribution in [3.63, 3.8) is 0 Å². The number of carboxylic acid groups (broad SMARTS) is 1. The molecule has 0 amide bonds. The van der Waals surface area contributed by atoms with Crippen molar-refractivity contribution in [2.24, 2.45) is 0 Å². The van der Waals surface area contributed by atoms with E-state index in [1.807, 2.05) is 18.2 Å². The van der Waals surface area contributed by atoms with Crippen LogP contribution in [0.1, 0.15) is 43.1 Å². The summed E-state index contributed by atoms with van der Waals surface area (Å²) in [5.41, 5.74) is 2.17. The molecule has 1 aromatic carbocycles. The Morgan fingerprint density at radius 2 is 1.83 bits per heavy atom. The summed E-state index contributed by atoms with van der Waals surface area (Å²) < 4.78 is 0. The Labute approximate surface area is 143 Å². The number of hydrogen-bond donors (Lipinski definition) is 2. The first-order chi connectivity index (χ1) is 11.7. The molecule has 0 aliphatic heterocycles. The highest BCUT2D eigenvalue weighted by Gasteiger charge is 2.15. The van der Waals surface area contributed by atoms with Crippen molar-refractivity contribution < 1.29 is 9.90 Å². The Morgan fingerprint density at radius 3 is 2.46 bits per heavy atom. The summed E-state index contributed by atoms with van der Waals surface area (Å²) in [6.07, 6.45) is 7.80. The monoisotopic (exact) mass is 327 g/mol. The van der Waals surface area contributed by atoms with Crippen molar-refractivity contribution in [2.75, 3.05) is 0 Å². The third kappa shape index (κ3) is 6.08. The van der Waals surface area contributed by atoms with Gasteiger partial charge >= 0.3 is 5.97 Å². The zero-order valence-corrected chi connectivity index (χ0v) is 14.1. The molecule has 2 N–H and O–H groups in total. The van der Waals surface area contributed by atoms with E-state index in [4.69, 9.17) is 0 Å². The molecule has 0 spiro atoms. The highest BCUT2D eigenvalue weighted by Crippen LogP contribution is 2.06. The molecule has 0 saturated carbocycles. The molecule has 1 atom stereocenters. The van der Waals surface area contributed by atoms with E-state index in [0.717, 1.165) is 37.1 Å². The first-order valence-corrected chi connectivity index (χ1v) is 8.49. The van der Waals surface area contributed by atoms with Gasteiger partial charge in [0.05, 0.1) is 0 Å². The maximum atomic E-state index is 11.2. The number of carbonyl (C=O) groups is 1. The lowest BCUT2D eigenvalue weighted by molar-refractivity contribution is -0.139. The summed E-state index contributed by atoms with van der Waals surface area (Å²) in [4.78, 5) is 20.0. The second-order valence-corrected chi connectivity index (χ2v) is 5.91. The molecule has 128 valence electrons. The standard InChI is InChI=1S/C19H25N3O2/c1-2-3-9-17(19(23)24)20-12-16-13-21-18(22-14-16)11-10-15-7-5-4-6-8-15/h4-8,13-14,17,20H,2-3,9-12H2,1H3,(H,23,24)/t17-/m1/s1. The number of hydrogen-bond acceptors (Lipinski definition) is 4. The van der Waals surface area contributed by atoms with Gasteiger partial charge in [-0.05, 0) is 18.4 Å². The minimum atomic E-state index is -0.802. The quantitative estimate of drug-likeness (QED) is 0.701. The summed E-state index contributed by atoms with van der Waals surface area (Å²) in [5, 5.41) is 12.3. The van der Waals surface area contributed by atoms with E-state index in [0.29, 0.717) is 13.0 Å². The fraction of sp³-hybridized carbons (Fsp3) is 0.421. The fourth-order valence-corrected chi connectivity index (χ4v) is 2.46. The summed E-state index contributed by atoms with van der Waals surface area (Å²) in [7, 11) is 0. The van der Waals surface area contributed by atoms with E-state index in [1.165, 1.54) is 5.56 Å². The van der Waals surface area contributed by atoms with Crippen molar-refractivity contribution in [3.05, 3.63) is 59.7 Å². The van der Waals surface area contributed by atoms with Crippen molar-refractivity contribution in [1.82, 2.24) is 15.3 Å². The molecule has 0 saturated heterocycles. The number of aromatic nitrogens is 2. The lowest BCUT2D eigenvalue weighted by atomic mass is 10.1. The summed E-state index contributed by atoms with van der Waals surface area (Å²) in [6.45, 7) is 2.53. The third-order valence-corrected chi connectivity index (χ3v) is 3.94. The van der Waals surface area contributed by atoms with Crippen LogP contribution in [-0.4, -0.2) is 27.1 Å². The Hall–Kier alpha value is -2.27. The van der Waals surface area contributed by atoms with E-state index in [9.17, 15) is 9.90 Å². The van der Waals surface area contributed by atoms with Gasteiger partial charge < -0.3 is 10.4 Å². The molecular weight excluding hydrogens is 302 g/mol. The summed E-state index contributed by atoms with van der Waals surface area (Å²) in [6, 6.07) is 9.75. The molecular formula is C19H25N3O2. The molecule has 0 aliphatic carbocycles. The fourth-order valence-electron chi connectivity index (χ4n) is 2.46. The number of nitrogens with zero attached hydrogens (tertiary/aromatic N) is 2. The highest BCUT2D eigenvalue weighted by atomic mass is 16.4. The molecule has 2 aromatic rings. The maximum absolute atomic E-state index is 11.2. The minimum Gasteiger partial charge on any atom is -0.480 e. The molecule has 5 heteroatoms. The van der Waals surface area contributed by atoms with E-state index in [1.54, 1.807) is 12.4 Å². The third-order valence-electron chi connectivity index (χ3n) is 3.94. The Bertz CT molecular complexity index is 614. The van der Waals surface area contributed by atoms with Gasteiger partial charge in [-0.25, -0.2) is 9.97 Å². The molecule has 0 unspecified atom stereocenters. The Kier molecular flexibility index (Phi) is 7.36. The SMILES string of the molecule is CCCC[C@@H](NCc1cnc(CCc2ccccc2)nc1)C(=O)O. The maximum Gasteiger partial charge on any atom is 0.320 e.